The van der Waals surface area contributed by atoms with E-state index in [4.69, 9.17) is 21.3 Å². The van der Waals surface area contributed by atoms with Gasteiger partial charge in [-0.3, -0.25) is 4.79 Å². The molecule has 0 bridgehead atoms. The summed E-state index contributed by atoms with van der Waals surface area (Å²) in [4.78, 5) is 20.8. The molecule has 0 N–H and O–H groups in total. The number of imidazole rings is 1. The summed E-state index contributed by atoms with van der Waals surface area (Å²) in [6, 6.07) is 21.5. The molecule has 4 rings (SSSR count). The lowest BCUT2D eigenvalue weighted by Crippen LogP contribution is -2.44. The summed E-state index contributed by atoms with van der Waals surface area (Å²) in [6.45, 7) is 6.75. The second kappa shape index (κ2) is 10.4. The highest BCUT2D eigenvalue weighted by atomic mass is 35.5. The van der Waals surface area contributed by atoms with Crippen LogP contribution in [-0.2, 0) is 22.5 Å². The summed E-state index contributed by atoms with van der Waals surface area (Å²) in [7, 11) is 1.66. The molecular weight excluding hydrogens is 446 g/mol. The van der Waals surface area contributed by atoms with E-state index in [1.165, 1.54) is 0 Å². The maximum Gasteiger partial charge on any atom is 0.247 e. The van der Waals surface area contributed by atoms with E-state index in [0.29, 0.717) is 17.5 Å². The second-order valence-corrected chi connectivity index (χ2v) is 8.90. The van der Waals surface area contributed by atoms with E-state index in [0.717, 1.165) is 39.8 Å². The van der Waals surface area contributed by atoms with Crippen molar-refractivity contribution in [3.05, 3.63) is 82.9 Å². The third kappa shape index (κ3) is 4.59. The van der Waals surface area contributed by atoms with Gasteiger partial charge in [-0.2, -0.15) is 0 Å². The Morgan fingerprint density at radius 3 is 2.56 bits per heavy atom. The van der Waals surface area contributed by atoms with Crippen LogP contribution in [0.25, 0.3) is 22.4 Å². The lowest BCUT2D eigenvalue weighted by molar-refractivity contribution is -0.119. The molecule has 6 heteroatoms. The molecule has 0 aliphatic carbocycles. The van der Waals surface area contributed by atoms with E-state index >= 15 is 0 Å². The maximum absolute atomic E-state index is 14.0. The number of hydrogen-bond acceptors (Lipinski definition) is 3. The maximum atomic E-state index is 14.0. The molecule has 1 aromatic heterocycles. The van der Waals surface area contributed by atoms with Gasteiger partial charge in [-0.25, -0.2) is 4.98 Å². The fourth-order valence-electron chi connectivity index (χ4n) is 4.55. The topological polar surface area (TPSA) is 47.4 Å². The molecule has 0 saturated carbocycles. The third-order valence-electron chi connectivity index (χ3n) is 6.12. The molecule has 0 saturated heterocycles. The molecule has 1 heterocycles. The van der Waals surface area contributed by atoms with Crippen molar-refractivity contribution in [1.82, 2.24) is 9.55 Å². The van der Waals surface area contributed by atoms with Crippen molar-refractivity contribution in [2.24, 2.45) is 0 Å². The van der Waals surface area contributed by atoms with Gasteiger partial charge in [0.1, 0.15) is 12.4 Å². The Labute approximate surface area is 205 Å². The van der Waals surface area contributed by atoms with Gasteiger partial charge in [-0.15, -0.1) is 0 Å². The number of benzene rings is 3. The molecular formula is C28H30ClN3O2. The summed E-state index contributed by atoms with van der Waals surface area (Å²) in [5.74, 6) is 0.657. The van der Waals surface area contributed by atoms with E-state index in [1.54, 1.807) is 7.11 Å². The van der Waals surface area contributed by atoms with Crippen molar-refractivity contribution in [2.75, 3.05) is 18.6 Å². The first-order valence-electron chi connectivity index (χ1n) is 11.6. The molecule has 0 aliphatic heterocycles. The van der Waals surface area contributed by atoms with Gasteiger partial charge in [0.15, 0.2) is 0 Å². The number of ether oxygens (including phenoxy) is 1. The monoisotopic (exact) mass is 475 g/mol. The number of carbonyl (C=O) groups excluding carboxylic acids is 1. The van der Waals surface area contributed by atoms with Crippen LogP contribution in [0.4, 0.5) is 5.69 Å². The Hall–Kier alpha value is -3.15. The van der Waals surface area contributed by atoms with Crippen LogP contribution in [0.2, 0.25) is 5.02 Å². The highest BCUT2D eigenvalue weighted by Crippen LogP contribution is 2.32. The Bertz CT molecular complexity index is 1310. The molecule has 0 spiro atoms. The quantitative estimate of drug-likeness (QED) is 0.300. The van der Waals surface area contributed by atoms with E-state index in [2.05, 4.69) is 26.0 Å². The Morgan fingerprint density at radius 1 is 1.09 bits per heavy atom. The largest absolute Gasteiger partial charge is 0.383 e. The number of aryl methyl sites for hydroxylation is 2. The van der Waals surface area contributed by atoms with Crippen molar-refractivity contribution in [3.8, 4) is 11.4 Å². The van der Waals surface area contributed by atoms with Crippen LogP contribution in [0.5, 0.6) is 0 Å². The Kier molecular flexibility index (Phi) is 7.35. The normalized spacial score (nSPS) is 12.1. The zero-order valence-corrected chi connectivity index (χ0v) is 20.8. The fraction of sp³-hybridized carbons (Fsp3) is 0.286. The number of nitrogens with zero attached hydrogens (tertiary/aromatic N) is 3. The number of hydrogen-bond donors (Lipinski definition) is 0. The molecule has 34 heavy (non-hydrogen) atoms. The van der Waals surface area contributed by atoms with Gasteiger partial charge < -0.3 is 14.2 Å². The van der Waals surface area contributed by atoms with Gasteiger partial charge in [0.05, 0.1) is 34.4 Å². The van der Waals surface area contributed by atoms with Gasteiger partial charge in [0.2, 0.25) is 5.91 Å². The Balaban J connectivity index is 1.84. The van der Waals surface area contributed by atoms with Gasteiger partial charge >= 0.3 is 0 Å². The lowest BCUT2D eigenvalue weighted by Gasteiger charge is -2.32. The number of amides is 1. The van der Waals surface area contributed by atoms with Crippen LogP contribution in [-0.4, -0.2) is 35.2 Å². The number of carbonyl (C=O) groups is 1. The minimum absolute atomic E-state index is 0.0231. The highest BCUT2D eigenvalue weighted by Gasteiger charge is 2.27. The first-order valence-corrected chi connectivity index (χ1v) is 11.9. The van der Waals surface area contributed by atoms with Crippen LogP contribution in [0, 0.1) is 6.92 Å². The third-order valence-corrected chi connectivity index (χ3v) is 6.45. The smallest absolute Gasteiger partial charge is 0.247 e. The van der Waals surface area contributed by atoms with Crippen molar-refractivity contribution in [3.63, 3.8) is 0 Å². The molecule has 0 radical (unpaired) electrons. The molecule has 3 aromatic carbocycles. The van der Waals surface area contributed by atoms with Crippen molar-refractivity contribution < 1.29 is 9.53 Å². The summed E-state index contributed by atoms with van der Waals surface area (Å²) >= 11 is 6.54. The summed E-state index contributed by atoms with van der Waals surface area (Å²) in [5.41, 5.74) is 5.69. The number of aromatic nitrogens is 2. The average molecular weight is 476 g/mol. The van der Waals surface area contributed by atoms with Crippen LogP contribution < -0.4 is 4.90 Å². The summed E-state index contributed by atoms with van der Waals surface area (Å²) in [6.07, 6.45) is 0.833. The minimum Gasteiger partial charge on any atom is -0.383 e. The second-order valence-electron chi connectivity index (χ2n) is 8.49. The van der Waals surface area contributed by atoms with Gasteiger partial charge in [-0.1, -0.05) is 61.0 Å². The predicted molar refractivity (Wildman–Crippen MR) is 140 cm³/mol. The van der Waals surface area contributed by atoms with Crippen LogP contribution in [0.15, 0.2) is 66.7 Å². The SMILES string of the molecule is CCc1cccc(C)c1N(C(=O)Cn1c(-c2ccccc2Cl)nc2ccccc21)C(C)COC. The first kappa shape index (κ1) is 24.0. The van der Waals surface area contributed by atoms with Crippen molar-refractivity contribution in [1.29, 1.82) is 0 Å². The molecule has 0 fully saturated rings. The molecule has 1 unspecified atom stereocenters. The molecule has 0 aliphatic rings. The zero-order chi connectivity index (χ0) is 24.2. The lowest BCUT2D eigenvalue weighted by atomic mass is 10.0. The van der Waals surface area contributed by atoms with Crippen LogP contribution in [0.1, 0.15) is 25.0 Å². The first-order chi connectivity index (χ1) is 16.5. The van der Waals surface area contributed by atoms with E-state index in [9.17, 15) is 4.79 Å². The van der Waals surface area contributed by atoms with E-state index in [-0.39, 0.29) is 18.5 Å². The minimum atomic E-state index is -0.137. The molecule has 176 valence electrons. The number of methoxy groups -OCH3 is 1. The fourth-order valence-corrected chi connectivity index (χ4v) is 4.77. The number of para-hydroxylation sites is 3. The van der Waals surface area contributed by atoms with E-state index < -0.39 is 0 Å². The molecule has 4 aromatic rings. The average Bonchev–Trinajstić information content (AvgIpc) is 3.19. The summed E-state index contributed by atoms with van der Waals surface area (Å²) in [5, 5.41) is 0.600. The van der Waals surface area contributed by atoms with E-state index in [1.807, 2.05) is 71.0 Å². The molecule has 1 atom stereocenters. The van der Waals surface area contributed by atoms with Crippen LogP contribution >= 0.6 is 11.6 Å². The standard InChI is InChI=1S/C28H30ClN3O2/c1-5-21-12-10-11-19(2)27(21)32(20(3)18-34-4)26(33)17-31-25-16-9-8-15-24(25)30-28(31)22-13-6-7-14-23(22)29/h6-16,20H,5,17-18H2,1-4H3. The number of rotatable bonds is 8. The van der Waals surface area contributed by atoms with Gasteiger partial charge in [0.25, 0.3) is 0 Å². The number of halogens is 1. The van der Waals surface area contributed by atoms with Gasteiger partial charge in [-0.05, 0) is 55.7 Å². The highest BCUT2D eigenvalue weighted by molar-refractivity contribution is 6.33. The van der Waals surface area contributed by atoms with Crippen LogP contribution in [0.3, 0.4) is 0 Å². The number of anilines is 1. The predicted octanol–water partition coefficient (Wildman–Crippen LogP) is 6.30. The summed E-state index contributed by atoms with van der Waals surface area (Å²) < 4.78 is 7.42. The molecule has 1 amide bonds. The van der Waals surface area contributed by atoms with Crippen molar-refractivity contribution >= 4 is 34.2 Å². The molecule has 5 nitrogen and oxygen atoms in total. The Morgan fingerprint density at radius 2 is 1.82 bits per heavy atom. The van der Waals surface area contributed by atoms with Gasteiger partial charge in [0, 0.05) is 12.7 Å². The zero-order valence-electron chi connectivity index (χ0n) is 20.1. The van der Waals surface area contributed by atoms with Crippen molar-refractivity contribution in [2.45, 2.75) is 39.8 Å². The number of fused-ring (bicyclic) bond motifs is 1.